The van der Waals surface area contributed by atoms with Gasteiger partial charge in [0.1, 0.15) is 10.8 Å². The third kappa shape index (κ3) is 4.66. The van der Waals surface area contributed by atoms with Crippen LogP contribution in [0, 0.1) is 0 Å². The number of aromatic nitrogens is 1. The lowest BCUT2D eigenvalue weighted by atomic mass is 10.2. The number of pyridine rings is 1. The quantitative estimate of drug-likeness (QED) is 0.567. The highest BCUT2D eigenvalue weighted by Crippen LogP contribution is 2.12. The van der Waals surface area contributed by atoms with Gasteiger partial charge in [-0.2, -0.15) is 0 Å². The van der Waals surface area contributed by atoms with E-state index in [1.165, 1.54) is 0 Å². The number of aliphatic hydroxyl groups excluding tert-OH is 1. The number of thiocarbonyl (C=S) groups is 1. The fourth-order valence-corrected chi connectivity index (χ4v) is 1.66. The zero-order valence-corrected chi connectivity index (χ0v) is 10.9. The number of rotatable bonds is 7. The van der Waals surface area contributed by atoms with Crippen molar-refractivity contribution in [2.45, 2.75) is 19.3 Å². The highest BCUT2D eigenvalue weighted by atomic mass is 32.1. The molecule has 0 aliphatic rings. The molecule has 3 N–H and O–H groups in total. The summed E-state index contributed by atoms with van der Waals surface area (Å²) < 4.78 is 0. The Morgan fingerprint density at radius 1 is 1.47 bits per heavy atom. The first kappa shape index (κ1) is 13.9. The average Bonchev–Trinajstić information content (AvgIpc) is 2.34. The molecule has 0 radical (unpaired) electrons. The molecule has 1 aromatic heterocycles. The van der Waals surface area contributed by atoms with E-state index in [1.54, 1.807) is 6.20 Å². The number of nitrogens with zero attached hydrogens (tertiary/aromatic N) is 2. The molecule has 1 rings (SSSR count). The summed E-state index contributed by atoms with van der Waals surface area (Å²) in [5.74, 6) is 0.874. The summed E-state index contributed by atoms with van der Waals surface area (Å²) in [4.78, 5) is 6.74. The second-order valence-corrected chi connectivity index (χ2v) is 4.41. The molecule has 0 aliphatic carbocycles. The van der Waals surface area contributed by atoms with E-state index in [0.717, 1.165) is 37.2 Å². The second-order valence-electron chi connectivity index (χ2n) is 3.97. The number of nitrogens with two attached hydrogens (primary N) is 1. The summed E-state index contributed by atoms with van der Waals surface area (Å²) in [6, 6.07) is 3.71. The Hall–Kier alpha value is -1.20. The van der Waals surface area contributed by atoms with E-state index in [4.69, 9.17) is 23.1 Å². The van der Waals surface area contributed by atoms with Gasteiger partial charge in [-0.15, -0.1) is 0 Å². The maximum Gasteiger partial charge on any atom is 0.128 e. The van der Waals surface area contributed by atoms with Crippen LogP contribution in [0.15, 0.2) is 18.3 Å². The van der Waals surface area contributed by atoms with Crippen molar-refractivity contribution in [1.82, 2.24) is 4.98 Å². The fourth-order valence-electron chi connectivity index (χ4n) is 1.53. The van der Waals surface area contributed by atoms with E-state index >= 15 is 0 Å². The van der Waals surface area contributed by atoms with Gasteiger partial charge in [0.25, 0.3) is 0 Å². The first-order chi connectivity index (χ1) is 8.15. The van der Waals surface area contributed by atoms with Crippen molar-refractivity contribution in [2.24, 2.45) is 5.73 Å². The molecule has 0 amide bonds. The Kier molecular flexibility index (Phi) is 5.86. The molecule has 4 nitrogen and oxygen atoms in total. The van der Waals surface area contributed by atoms with Crippen molar-refractivity contribution < 1.29 is 5.11 Å². The van der Waals surface area contributed by atoms with Crippen LogP contribution >= 0.6 is 12.2 Å². The lowest BCUT2D eigenvalue weighted by molar-refractivity contribution is 0.283. The number of hydrogen-bond donors (Lipinski definition) is 2. The van der Waals surface area contributed by atoms with E-state index in [1.807, 2.05) is 19.2 Å². The van der Waals surface area contributed by atoms with Crippen LogP contribution < -0.4 is 10.6 Å². The molecular weight excluding hydrogens is 234 g/mol. The number of anilines is 1. The predicted octanol–water partition coefficient (Wildman–Crippen LogP) is 1.31. The number of unbranched alkanes of at least 4 members (excludes halogenated alkanes) is 2. The van der Waals surface area contributed by atoms with Gasteiger partial charge in [-0.3, -0.25) is 0 Å². The first-order valence-corrected chi connectivity index (χ1v) is 6.14. The molecule has 94 valence electrons. The monoisotopic (exact) mass is 253 g/mol. The average molecular weight is 253 g/mol. The molecule has 0 aliphatic heterocycles. The lowest BCUT2D eigenvalue weighted by Gasteiger charge is -2.18. The largest absolute Gasteiger partial charge is 0.396 e. The van der Waals surface area contributed by atoms with Crippen LogP contribution in [0.4, 0.5) is 5.82 Å². The molecule has 5 heteroatoms. The fraction of sp³-hybridized carbons (Fsp3) is 0.500. The summed E-state index contributed by atoms with van der Waals surface area (Å²) in [5.41, 5.74) is 6.42. The molecule has 1 aromatic rings. The number of hydrogen-bond acceptors (Lipinski definition) is 4. The standard InChI is InChI=1S/C12H19N3OS/c1-15(7-3-2-4-8-16)11-9-10(12(13)17)5-6-14-11/h5-6,9,16H,2-4,7-8H2,1H3,(H2,13,17). The summed E-state index contributed by atoms with van der Waals surface area (Å²) in [6.07, 6.45) is 4.63. The summed E-state index contributed by atoms with van der Waals surface area (Å²) >= 11 is 4.93. The van der Waals surface area contributed by atoms with Crippen molar-refractivity contribution in [3.8, 4) is 0 Å². The van der Waals surface area contributed by atoms with Crippen molar-refractivity contribution >= 4 is 23.0 Å². The minimum absolute atomic E-state index is 0.263. The van der Waals surface area contributed by atoms with Crippen molar-refractivity contribution in [1.29, 1.82) is 0 Å². The highest BCUT2D eigenvalue weighted by Gasteiger charge is 2.04. The van der Waals surface area contributed by atoms with Gasteiger partial charge in [-0.05, 0) is 31.4 Å². The molecule has 0 spiro atoms. The highest BCUT2D eigenvalue weighted by molar-refractivity contribution is 7.80. The minimum atomic E-state index is 0.263. The van der Waals surface area contributed by atoms with Gasteiger partial charge in [0.05, 0.1) is 0 Å². The van der Waals surface area contributed by atoms with Crippen LogP contribution in [0.5, 0.6) is 0 Å². The Balaban J connectivity index is 2.53. The number of aliphatic hydroxyl groups is 1. The molecule has 0 bridgehead atoms. The van der Waals surface area contributed by atoms with Gasteiger partial charge < -0.3 is 15.7 Å². The molecule has 0 aromatic carbocycles. The third-order valence-electron chi connectivity index (χ3n) is 2.57. The van der Waals surface area contributed by atoms with E-state index in [-0.39, 0.29) is 6.61 Å². The minimum Gasteiger partial charge on any atom is -0.396 e. The maximum absolute atomic E-state index is 8.69. The second kappa shape index (κ2) is 7.19. The van der Waals surface area contributed by atoms with Gasteiger partial charge in [0, 0.05) is 32.0 Å². The molecule has 0 saturated heterocycles. The van der Waals surface area contributed by atoms with Gasteiger partial charge in [0.2, 0.25) is 0 Å². The Morgan fingerprint density at radius 3 is 2.88 bits per heavy atom. The molecule has 0 unspecified atom stereocenters. The maximum atomic E-state index is 8.69. The predicted molar refractivity (Wildman–Crippen MR) is 74.3 cm³/mol. The molecule has 0 fully saturated rings. The van der Waals surface area contributed by atoms with Crippen LogP contribution in [0.2, 0.25) is 0 Å². The van der Waals surface area contributed by atoms with Gasteiger partial charge >= 0.3 is 0 Å². The van der Waals surface area contributed by atoms with E-state index < -0.39 is 0 Å². The Bertz CT molecular complexity index is 371. The van der Waals surface area contributed by atoms with Crippen LogP contribution in [0.3, 0.4) is 0 Å². The molecule has 0 atom stereocenters. The zero-order chi connectivity index (χ0) is 12.7. The van der Waals surface area contributed by atoms with Crippen molar-refractivity contribution in [3.63, 3.8) is 0 Å². The zero-order valence-electron chi connectivity index (χ0n) is 10.1. The smallest absolute Gasteiger partial charge is 0.128 e. The van der Waals surface area contributed by atoms with Crippen molar-refractivity contribution in [2.75, 3.05) is 25.1 Å². The molecular formula is C12H19N3OS. The molecule has 1 heterocycles. The van der Waals surface area contributed by atoms with E-state index in [9.17, 15) is 0 Å². The van der Waals surface area contributed by atoms with E-state index in [2.05, 4.69) is 9.88 Å². The summed E-state index contributed by atoms with van der Waals surface area (Å²) in [6.45, 7) is 1.17. The Labute approximate surface area is 107 Å². The molecule has 17 heavy (non-hydrogen) atoms. The van der Waals surface area contributed by atoms with Gasteiger partial charge in [-0.1, -0.05) is 12.2 Å². The van der Waals surface area contributed by atoms with Crippen LogP contribution in [0.1, 0.15) is 24.8 Å². The molecule has 0 saturated carbocycles. The third-order valence-corrected chi connectivity index (χ3v) is 2.81. The van der Waals surface area contributed by atoms with Crippen LogP contribution in [-0.4, -0.2) is 35.3 Å². The van der Waals surface area contributed by atoms with Gasteiger partial charge in [0.15, 0.2) is 0 Å². The normalized spacial score (nSPS) is 10.2. The SMILES string of the molecule is CN(CCCCCO)c1cc(C(N)=S)ccn1. The topological polar surface area (TPSA) is 62.4 Å². The lowest BCUT2D eigenvalue weighted by Crippen LogP contribution is -2.20. The summed E-state index contributed by atoms with van der Waals surface area (Å²) in [7, 11) is 1.99. The van der Waals surface area contributed by atoms with Gasteiger partial charge in [-0.25, -0.2) is 4.98 Å². The Morgan fingerprint density at radius 2 is 2.24 bits per heavy atom. The first-order valence-electron chi connectivity index (χ1n) is 5.73. The van der Waals surface area contributed by atoms with E-state index in [0.29, 0.717) is 4.99 Å². The van der Waals surface area contributed by atoms with Crippen molar-refractivity contribution in [3.05, 3.63) is 23.9 Å². The van der Waals surface area contributed by atoms with Crippen LogP contribution in [0.25, 0.3) is 0 Å². The van der Waals surface area contributed by atoms with Crippen LogP contribution in [-0.2, 0) is 0 Å². The summed E-state index contributed by atoms with van der Waals surface area (Å²) in [5, 5.41) is 8.69.